The van der Waals surface area contributed by atoms with Gasteiger partial charge in [-0.15, -0.1) is 0 Å². The zero-order valence-corrected chi connectivity index (χ0v) is 7.26. The molecule has 0 aliphatic carbocycles. The lowest BCUT2D eigenvalue weighted by Gasteiger charge is -2.11. The minimum atomic E-state index is 0.432. The van der Waals surface area contributed by atoms with Crippen molar-refractivity contribution in [3.8, 4) is 0 Å². The highest BCUT2D eigenvalue weighted by atomic mass is 16.5. The Morgan fingerprint density at radius 2 is 2.10 bits per heavy atom. The number of hydrogen-bond acceptors (Lipinski definition) is 1. The molecule has 0 aromatic carbocycles. The van der Waals surface area contributed by atoms with E-state index in [4.69, 9.17) is 4.74 Å². The minimum Gasteiger partial charge on any atom is -0.378 e. The Kier molecular flexibility index (Phi) is 6.61. The molecule has 0 aromatic rings. The third kappa shape index (κ3) is 4.57. The first kappa shape index (κ1) is 9.70. The number of ether oxygens (including phenoxy) is 1. The van der Waals surface area contributed by atoms with Crippen LogP contribution in [-0.4, -0.2) is 12.7 Å². The second-order valence-electron chi connectivity index (χ2n) is 2.29. The first-order valence-electron chi connectivity index (χ1n) is 4.07. The van der Waals surface area contributed by atoms with Crippen LogP contribution in [0.2, 0.25) is 0 Å². The fourth-order valence-corrected chi connectivity index (χ4v) is 0.876. The zero-order chi connectivity index (χ0) is 7.82. The lowest BCUT2D eigenvalue weighted by atomic mass is 10.2. The van der Waals surface area contributed by atoms with Crippen molar-refractivity contribution in [2.75, 3.05) is 6.61 Å². The highest BCUT2D eigenvalue weighted by Gasteiger charge is 2.00. The van der Waals surface area contributed by atoms with Crippen molar-refractivity contribution >= 4 is 0 Å². The quantitative estimate of drug-likeness (QED) is 0.536. The van der Waals surface area contributed by atoms with E-state index in [1.807, 2.05) is 13.8 Å². The van der Waals surface area contributed by atoms with E-state index >= 15 is 0 Å². The van der Waals surface area contributed by atoms with E-state index in [0.29, 0.717) is 6.10 Å². The fourth-order valence-electron chi connectivity index (χ4n) is 0.876. The number of allylic oxidation sites excluding steroid dienone is 1. The summed E-state index contributed by atoms with van der Waals surface area (Å²) >= 11 is 0. The largest absolute Gasteiger partial charge is 0.378 e. The summed E-state index contributed by atoms with van der Waals surface area (Å²) in [5, 5.41) is 0. The van der Waals surface area contributed by atoms with Crippen molar-refractivity contribution < 1.29 is 4.74 Å². The normalized spacial score (nSPS) is 14.3. The molecule has 1 nitrogen and oxygen atoms in total. The van der Waals surface area contributed by atoms with Crippen LogP contribution in [0.1, 0.15) is 33.6 Å². The average Bonchev–Trinajstić information content (AvgIpc) is 1.98. The molecule has 1 atom stereocenters. The van der Waals surface area contributed by atoms with Crippen LogP contribution in [0.25, 0.3) is 0 Å². The maximum Gasteiger partial charge on any atom is 0.0606 e. The lowest BCUT2D eigenvalue weighted by Crippen LogP contribution is -2.09. The van der Waals surface area contributed by atoms with Gasteiger partial charge in [-0.1, -0.05) is 19.1 Å². The molecule has 60 valence electrons. The molecule has 0 aliphatic heterocycles. The molecule has 0 N–H and O–H groups in total. The summed E-state index contributed by atoms with van der Waals surface area (Å²) in [7, 11) is 0. The maximum absolute atomic E-state index is 5.44. The second kappa shape index (κ2) is 6.81. The Hall–Kier alpha value is -0.300. The van der Waals surface area contributed by atoms with Gasteiger partial charge in [-0.05, 0) is 26.7 Å². The van der Waals surface area contributed by atoms with Gasteiger partial charge in [0, 0.05) is 6.61 Å². The van der Waals surface area contributed by atoms with Crippen molar-refractivity contribution in [2.45, 2.75) is 39.7 Å². The summed E-state index contributed by atoms with van der Waals surface area (Å²) < 4.78 is 5.44. The lowest BCUT2D eigenvalue weighted by molar-refractivity contribution is 0.0625. The van der Waals surface area contributed by atoms with Crippen molar-refractivity contribution in [2.24, 2.45) is 0 Å². The summed E-state index contributed by atoms with van der Waals surface area (Å²) in [6.07, 6.45) is 6.83. The van der Waals surface area contributed by atoms with Crippen molar-refractivity contribution in [1.82, 2.24) is 0 Å². The molecule has 0 heterocycles. The van der Waals surface area contributed by atoms with Gasteiger partial charge in [0.15, 0.2) is 0 Å². The maximum atomic E-state index is 5.44. The molecule has 1 unspecified atom stereocenters. The van der Waals surface area contributed by atoms with Crippen LogP contribution in [0.3, 0.4) is 0 Å². The average molecular weight is 142 g/mol. The molecule has 0 amide bonds. The molecular formula is C9H18O. The molecule has 1 heteroatoms. The van der Waals surface area contributed by atoms with Crippen LogP contribution in [0, 0.1) is 0 Å². The van der Waals surface area contributed by atoms with Gasteiger partial charge in [-0.25, -0.2) is 0 Å². The molecule has 10 heavy (non-hydrogen) atoms. The Bertz CT molecular complexity index is 86.7. The summed E-state index contributed by atoms with van der Waals surface area (Å²) in [6, 6.07) is 0. The topological polar surface area (TPSA) is 9.23 Å². The van der Waals surface area contributed by atoms with Gasteiger partial charge in [-0.2, -0.15) is 0 Å². The predicted octanol–water partition coefficient (Wildman–Crippen LogP) is 2.77. The Morgan fingerprint density at radius 1 is 1.40 bits per heavy atom. The van der Waals surface area contributed by atoms with E-state index in [1.54, 1.807) is 0 Å². The smallest absolute Gasteiger partial charge is 0.0606 e. The molecule has 0 saturated heterocycles. The monoisotopic (exact) mass is 142 g/mol. The standard InChI is InChI=1S/C9H18O/c1-4-7-8-9(5-2)10-6-3/h4,7,9H,5-6,8H2,1-3H3/b7-4-. The van der Waals surface area contributed by atoms with Crippen LogP contribution >= 0.6 is 0 Å². The summed E-state index contributed by atoms with van der Waals surface area (Å²) in [4.78, 5) is 0. The first-order valence-corrected chi connectivity index (χ1v) is 4.07. The van der Waals surface area contributed by atoms with E-state index < -0.39 is 0 Å². The van der Waals surface area contributed by atoms with E-state index in [1.165, 1.54) is 0 Å². The Balaban J connectivity index is 3.39. The summed E-state index contributed by atoms with van der Waals surface area (Å²) in [5.41, 5.74) is 0. The molecule has 0 saturated carbocycles. The van der Waals surface area contributed by atoms with Crippen LogP contribution in [0.15, 0.2) is 12.2 Å². The number of hydrogen-bond donors (Lipinski definition) is 0. The van der Waals surface area contributed by atoms with Gasteiger partial charge in [0.2, 0.25) is 0 Å². The van der Waals surface area contributed by atoms with Gasteiger partial charge in [0.25, 0.3) is 0 Å². The zero-order valence-electron chi connectivity index (χ0n) is 7.26. The van der Waals surface area contributed by atoms with Gasteiger partial charge < -0.3 is 4.74 Å². The molecule has 0 radical (unpaired) electrons. The third-order valence-electron chi connectivity index (χ3n) is 1.49. The molecular weight excluding hydrogens is 124 g/mol. The summed E-state index contributed by atoms with van der Waals surface area (Å²) in [6.45, 7) is 7.07. The van der Waals surface area contributed by atoms with Crippen molar-refractivity contribution in [3.05, 3.63) is 12.2 Å². The molecule has 0 bridgehead atoms. The van der Waals surface area contributed by atoms with E-state index in [0.717, 1.165) is 19.4 Å². The summed E-state index contributed by atoms with van der Waals surface area (Å²) in [5.74, 6) is 0. The third-order valence-corrected chi connectivity index (χ3v) is 1.49. The highest BCUT2D eigenvalue weighted by molar-refractivity contribution is 4.80. The highest BCUT2D eigenvalue weighted by Crippen LogP contribution is 2.03. The predicted molar refractivity (Wildman–Crippen MR) is 45.1 cm³/mol. The Labute approximate surface area is 64.1 Å². The van der Waals surface area contributed by atoms with E-state index in [-0.39, 0.29) is 0 Å². The molecule has 0 aliphatic rings. The van der Waals surface area contributed by atoms with Crippen molar-refractivity contribution in [3.63, 3.8) is 0 Å². The van der Waals surface area contributed by atoms with Gasteiger partial charge in [0.05, 0.1) is 6.10 Å². The fraction of sp³-hybridized carbons (Fsp3) is 0.778. The van der Waals surface area contributed by atoms with E-state index in [2.05, 4.69) is 19.1 Å². The van der Waals surface area contributed by atoms with Crippen LogP contribution in [0.5, 0.6) is 0 Å². The molecule has 0 fully saturated rings. The molecule has 0 rings (SSSR count). The minimum absolute atomic E-state index is 0.432. The van der Waals surface area contributed by atoms with Crippen LogP contribution in [0.4, 0.5) is 0 Å². The second-order valence-corrected chi connectivity index (χ2v) is 2.29. The van der Waals surface area contributed by atoms with E-state index in [9.17, 15) is 0 Å². The SMILES string of the molecule is C/C=C\CC(CC)OCC. The van der Waals surface area contributed by atoms with Gasteiger partial charge in [-0.3, -0.25) is 0 Å². The molecule has 0 aromatic heterocycles. The van der Waals surface area contributed by atoms with Crippen LogP contribution in [-0.2, 0) is 4.74 Å². The first-order chi connectivity index (χ1) is 4.85. The molecule has 0 spiro atoms. The Morgan fingerprint density at radius 3 is 2.50 bits per heavy atom. The van der Waals surface area contributed by atoms with Gasteiger partial charge in [0.1, 0.15) is 0 Å². The number of rotatable bonds is 5. The van der Waals surface area contributed by atoms with Gasteiger partial charge >= 0.3 is 0 Å². The van der Waals surface area contributed by atoms with Crippen LogP contribution < -0.4 is 0 Å². The van der Waals surface area contributed by atoms with Crippen molar-refractivity contribution in [1.29, 1.82) is 0 Å².